The van der Waals surface area contributed by atoms with Gasteiger partial charge in [0.2, 0.25) is 0 Å². The van der Waals surface area contributed by atoms with Crippen molar-refractivity contribution < 1.29 is 0 Å². The predicted molar refractivity (Wildman–Crippen MR) is 66.0 cm³/mol. The summed E-state index contributed by atoms with van der Waals surface area (Å²) in [6.07, 6.45) is 4.16. The third-order valence-electron chi connectivity index (χ3n) is 4.05. The van der Waals surface area contributed by atoms with E-state index in [0.717, 1.165) is 11.8 Å². The highest BCUT2D eigenvalue weighted by Crippen LogP contribution is 2.49. The molecule has 0 aliphatic heterocycles. The molecule has 0 aromatic heterocycles. The van der Waals surface area contributed by atoms with Gasteiger partial charge in [-0.15, -0.1) is 0 Å². The van der Waals surface area contributed by atoms with E-state index in [1.165, 1.54) is 24.8 Å². The van der Waals surface area contributed by atoms with Crippen molar-refractivity contribution >= 4 is 0 Å². The first-order valence-corrected chi connectivity index (χ1v) is 6.16. The minimum atomic E-state index is 0.471. The quantitative estimate of drug-likeness (QED) is 0.623. The Labute approximate surface area is 93.7 Å². The Balaban J connectivity index is 2.32. The lowest BCUT2D eigenvalue weighted by atomic mass is 9.62. The van der Waals surface area contributed by atoms with Crippen molar-refractivity contribution in [2.45, 2.75) is 46.0 Å². The second-order valence-corrected chi connectivity index (χ2v) is 5.75. The number of rotatable bonds is 1. The van der Waals surface area contributed by atoms with Crippen molar-refractivity contribution in [3.05, 3.63) is 35.9 Å². The summed E-state index contributed by atoms with van der Waals surface area (Å²) in [4.78, 5) is 0. The summed E-state index contributed by atoms with van der Waals surface area (Å²) in [5.41, 5.74) is 2.01. The van der Waals surface area contributed by atoms with Gasteiger partial charge < -0.3 is 0 Å². The number of hydrogen-bond acceptors (Lipinski definition) is 0. The van der Waals surface area contributed by atoms with Gasteiger partial charge in [0.15, 0.2) is 0 Å². The molecule has 2 unspecified atom stereocenters. The van der Waals surface area contributed by atoms with Gasteiger partial charge in [-0.05, 0) is 29.2 Å². The first-order valence-electron chi connectivity index (χ1n) is 6.16. The second-order valence-electron chi connectivity index (χ2n) is 5.75. The molecule has 15 heavy (non-hydrogen) atoms. The van der Waals surface area contributed by atoms with E-state index in [0.29, 0.717) is 5.41 Å². The van der Waals surface area contributed by atoms with Crippen LogP contribution in [0.1, 0.15) is 51.5 Å². The van der Waals surface area contributed by atoms with Gasteiger partial charge in [0.25, 0.3) is 0 Å². The smallest absolute Gasteiger partial charge is 0.00849 e. The first-order chi connectivity index (χ1) is 7.11. The normalized spacial score (nSPS) is 30.1. The summed E-state index contributed by atoms with van der Waals surface area (Å²) in [7, 11) is 0. The minimum absolute atomic E-state index is 0.471. The summed E-state index contributed by atoms with van der Waals surface area (Å²) in [6.45, 7) is 7.28. The molecule has 1 aliphatic rings. The van der Waals surface area contributed by atoms with E-state index >= 15 is 0 Å². The molecule has 0 saturated heterocycles. The molecule has 1 aliphatic carbocycles. The van der Waals surface area contributed by atoms with Crippen LogP contribution in [0.15, 0.2) is 30.3 Å². The van der Waals surface area contributed by atoms with Crippen LogP contribution in [0.4, 0.5) is 0 Å². The second kappa shape index (κ2) is 4.00. The maximum absolute atomic E-state index is 2.43. The molecule has 0 bridgehead atoms. The molecule has 0 heteroatoms. The van der Waals surface area contributed by atoms with Crippen molar-refractivity contribution in [3.63, 3.8) is 0 Å². The molecule has 1 aromatic carbocycles. The van der Waals surface area contributed by atoms with Crippen molar-refractivity contribution in [2.24, 2.45) is 11.3 Å². The Hall–Kier alpha value is -0.780. The fraction of sp³-hybridized carbons (Fsp3) is 0.600. The lowest BCUT2D eigenvalue weighted by Gasteiger charge is -2.43. The van der Waals surface area contributed by atoms with Crippen LogP contribution < -0.4 is 0 Å². The maximum atomic E-state index is 2.43. The fourth-order valence-corrected chi connectivity index (χ4v) is 3.41. The molecule has 1 saturated carbocycles. The lowest BCUT2D eigenvalue weighted by Crippen LogP contribution is -2.31. The average Bonchev–Trinajstić information content (AvgIpc) is 2.17. The summed E-state index contributed by atoms with van der Waals surface area (Å²) < 4.78 is 0. The number of benzene rings is 1. The van der Waals surface area contributed by atoms with Crippen LogP contribution in [-0.4, -0.2) is 0 Å². The third-order valence-corrected chi connectivity index (χ3v) is 4.05. The summed E-state index contributed by atoms with van der Waals surface area (Å²) >= 11 is 0. The van der Waals surface area contributed by atoms with E-state index < -0.39 is 0 Å². The van der Waals surface area contributed by atoms with Crippen LogP contribution in [0.3, 0.4) is 0 Å². The van der Waals surface area contributed by atoms with Crippen LogP contribution in [0.25, 0.3) is 0 Å². The van der Waals surface area contributed by atoms with Gasteiger partial charge in [-0.1, -0.05) is 63.9 Å². The molecule has 1 aromatic rings. The summed E-state index contributed by atoms with van der Waals surface area (Å²) in [6, 6.07) is 11.1. The van der Waals surface area contributed by atoms with Gasteiger partial charge >= 0.3 is 0 Å². The highest BCUT2D eigenvalue weighted by molar-refractivity contribution is 5.23. The standard InChI is InChI=1S/C15H22/c1-12-8-7-11-15(2,3)14(12)13-9-5-4-6-10-13/h4-6,9-10,12,14H,7-8,11H2,1-3H3. The van der Waals surface area contributed by atoms with Crippen molar-refractivity contribution in [2.75, 3.05) is 0 Å². The molecular formula is C15H22. The predicted octanol–water partition coefficient (Wildman–Crippen LogP) is 4.62. The Bertz CT molecular complexity index is 310. The summed E-state index contributed by atoms with van der Waals surface area (Å²) in [5.74, 6) is 1.57. The highest BCUT2D eigenvalue weighted by Gasteiger charge is 2.37. The van der Waals surface area contributed by atoms with E-state index in [9.17, 15) is 0 Å². The van der Waals surface area contributed by atoms with Crippen molar-refractivity contribution in [1.29, 1.82) is 0 Å². The molecule has 0 N–H and O–H groups in total. The molecular weight excluding hydrogens is 180 g/mol. The molecule has 0 radical (unpaired) electrons. The molecule has 0 heterocycles. The average molecular weight is 202 g/mol. The molecule has 1 fully saturated rings. The fourth-order valence-electron chi connectivity index (χ4n) is 3.41. The van der Waals surface area contributed by atoms with Crippen molar-refractivity contribution in [3.8, 4) is 0 Å². The SMILES string of the molecule is CC1CCCC(C)(C)C1c1ccccc1. The molecule has 2 rings (SSSR count). The van der Waals surface area contributed by atoms with Gasteiger partial charge in [0.1, 0.15) is 0 Å². The Kier molecular flexibility index (Phi) is 2.86. The zero-order valence-electron chi connectivity index (χ0n) is 10.2. The van der Waals surface area contributed by atoms with E-state index in [4.69, 9.17) is 0 Å². The number of hydrogen-bond donors (Lipinski definition) is 0. The maximum Gasteiger partial charge on any atom is -0.00849 e. The Morgan fingerprint density at radius 1 is 1.13 bits per heavy atom. The first kappa shape index (κ1) is 10.7. The topological polar surface area (TPSA) is 0 Å². The van der Waals surface area contributed by atoms with Gasteiger partial charge in [-0.2, -0.15) is 0 Å². The van der Waals surface area contributed by atoms with Gasteiger partial charge in [0.05, 0.1) is 0 Å². The minimum Gasteiger partial charge on any atom is -0.0622 e. The molecule has 2 atom stereocenters. The molecule has 0 spiro atoms. The van der Waals surface area contributed by atoms with E-state index in [2.05, 4.69) is 51.1 Å². The van der Waals surface area contributed by atoms with Gasteiger partial charge in [0, 0.05) is 0 Å². The monoisotopic (exact) mass is 202 g/mol. The Morgan fingerprint density at radius 3 is 2.40 bits per heavy atom. The van der Waals surface area contributed by atoms with Crippen molar-refractivity contribution in [1.82, 2.24) is 0 Å². The zero-order valence-corrected chi connectivity index (χ0v) is 10.2. The lowest BCUT2D eigenvalue weighted by molar-refractivity contribution is 0.146. The van der Waals surface area contributed by atoms with Gasteiger partial charge in [-0.3, -0.25) is 0 Å². The zero-order chi connectivity index (χ0) is 10.9. The molecule has 0 amide bonds. The highest BCUT2D eigenvalue weighted by atomic mass is 14.4. The van der Waals surface area contributed by atoms with Crippen LogP contribution in [0, 0.1) is 11.3 Å². The Morgan fingerprint density at radius 2 is 1.80 bits per heavy atom. The summed E-state index contributed by atoms with van der Waals surface area (Å²) in [5, 5.41) is 0. The largest absolute Gasteiger partial charge is 0.0622 e. The van der Waals surface area contributed by atoms with Crippen LogP contribution in [0.5, 0.6) is 0 Å². The third kappa shape index (κ3) is 2.09. The molecule has 0 nitrogen and oxygen atoms in total. The van der Waals surface area contributed by atoms with E-state index in [1.54, 1.807) is 0 Å². The van der Waals surface area contributed by atoms with Crippen LogP contribution in [0.2, 0.25) is 0 Å². The van der Waals surface area contributed by atoms with Crippen LogP contribution >= 0.6 is 0 Å². The van der Waals surface area contributed by atoms with E-state index in [-0.39, 0.29) is 0 Å². The molecule has 82 valence electrons. The van der Waals surface area contributed by atoms with Crippen LogP contribution in [-0.2, 0) is 0 Å². The van der Waals surface area contributed by atoms with E-state index in [1.807, 2.05) is 0 Å². The van der Waals surface area contributed by atoms with Gasteiger partial charge in [-0.25, -0.2) is 0 Å².